The van der Waals surface area contributed by atoms with Gasteiger partial charge in [0.15, 0.2) is 0 Å². The van der Waals surface area contributed by atoms with Crippen molar-refractivity contribution in [2.45, 2.75) is 33.6 Å². The van der Waals surface area contributed by atoms with Crippen LogP contribution in [0, 0.1) is 20.8 Å². The van der Waals surface area contributed by atoms with Crippen LogP contribution in [0.15, 0.2) is 79.3 Å². The first-order valence-corrected chi connectivity index (χ1v) is 12.0. The molecule has 0 N–H and O–H groups in total. The van der Waals surface area contributed by atoms with Gasteiger partial charge in [0, 0.05) is 51.6 Å². The van der Waals surface area contributed by atoms with Crippen LogP contribution in [0.25, 0.3) is 22.5 Å². The first-order valence-electron chi connectivity index (χ1n) is 12.0. The molecule has 0 spiro atoms. The Bertz CT molecular complexity index is 1390. The number of hydrogen-bond donors (Lipinski definition) is 0. The number of aromatic nitrogens is 6. The van der Waals surface area contributed by atoms with Crippen LogP contribution in [0.1, 0.15) is 29.3 Å². The van der Waals surface area contributed by atoms with E-state index in [-0.39, 0.29) is 5.69 Å². The average Bonchev–Trinajstić information content (AvgIpc) is 3.50. The summed E-state index contributed by atoms with van der Waals surface area (Å²) >= 11 is 0. The van der Waals surface area contributed by atoms with E-state index in [1.165, 1.54) is 32.6 Å². The van der Waals surface area contributed by atoms with E-state index in [4.69, 9.17) is 0 Å². The van der Waals surface area contributed by atoms with Crippen LogP contribution in [-0.2, 0) is 27.1 Å². The zero-order valence-corrected chi connectivity index (χ0v) is 22.4. The number of nitrogens with zero attached hydrogens (tertiary/aromatic N) is 6. The van der Waals surface area contributed by atoms with Gasteiger partial charge in [0.25, 0.3) is 5.92 Å². The zero-order chi connectivity index (χ0) is 27.2. The molecular weight excluding hydrogens is 470 g/mol. The van der Waals surface area contributed by atoms with Crippen LogP contribution in [0.2, 0.25) is 0 Å². The van der Waals surface area contributed by atoms with Crippen LogP contribution >= 0.6 is 0 Å². The Hall–Kier alpha value is -4.07. The lowest BCUT2D eigenvalue weighted by molar-refractivity contribution is 0.0116. The van der Waals surface area contributed by atoms with Gasteiger partial charge in [-0.15, -0.1) is 0 Å². The third-order valence-electron chi connectivity index (χ3n) is 5.66. The van der Waals surface area contributed by atoms with E-state index in [1.54, 1.807) is 20.2 Å². The lowest BCUT2D eigenvalue weighted by Crippen LogP contribution is -2.09. The summed E-state index contributed by atoms with van der Waals surface area (Å²) in [6, 6.07) is 20.5. The molecule has 0 aliphatic rings. The SMILES string of the molecule is Cc1cn(C)nc1-c1ccccc1.Cc1cn(C)nc1C(C)(F)F.Cc1cnn(C)c1-c1ccccc1. The molecular formula is C29H34F2N6. The van der Waals surface area contributed by atoms with Crippen LogP contribution in [0.4, 0.5) is 8.78 Å². The van der Waals surface area contributed by atoms with Crippen LogP contribution in [0.5, 0.6) is 0 Å². The van der Waals surface area contributed by atoms with Gasteiger partial charge in [-0.3, -0.25) is 14.0 Å². The molecule has 0 aliphatic carbocycles. The van der Waals surface area contributed by atoms with Gasteiger partial charge in [-0.05, 0) is 37.5 Å². The van der Waals surface area contributed by atoms with Gasteiger partial charge in [-0.2, -0.15) is 24.1 Å². The minimum atomic E-state index is -2.83. The molecule has 0 bridgehead atoms. The Morgan fingerprint density at radius 1 is 0.676 bits per heavy atom. The molecule has 0 aliphatic heterocycles. The topological polar surface area (TPSA) is 53.5 Å². The monoisotopic (exact) mass is 504 g/mol. The molecule has 5 rings (SSSR count). The van der Waals surface area contributed by atoms with Crippen molar-refractivity contribution in [2.75, 3.05) is 0 Å². The fourth-order valence-corrected chi connectivity index (χ4v) is 4.09. The van der Waals surface area contributed by atoms with E-state index in [2.05, 4.69) is 53.4 Å². The average molecular weight is 505 g/mol. The molecule has 0 fully saturated rings. The highest BCUT2D eigenvalue weighted by Crippen LogP contribution is 2.27. The third-order valence-corrected chi connectivity index (χ3v) is 5.66. The first kappa shape index (κ1) is 27.5. The van der Waals surface area contributed by atoms with Crippen molar-refractivity contribution < 1.29 is 8.78 Å². The highest BCUT2D eigenvalue weighted by Gasteiger charge is 2.29. The first-order chi connectivity index (χ1) is 17.5. The van der Waals surface area contributed by atoms with E-state index >= 15 is 0 Å². The standard InChI is InChI=1S/2C11H12N2.C7H10F2N2/c1-9-8-13(2)12-11(9)10-6-4-3-5-7-10;1-9-8-12-13(2)11(9)10-6-4-3-5-7-10;1-5-4-11(3)10-6(5)7(2,8)9/h2*3-8H,1-2H3;4H,1-3H3. The predicted octanol–water partition coefficient (Wildman–Crippen LogP) is 6.63. The highest BCUT2D eigenvalue weighted by molar-refractivity contribution is 5.63. The molecule has 5 aromatic rings. The molecule has 0 unspecified atom stereocenters. The van der Waals surface area contributed by atoms with Crippen LogP contribution in [-0.4, -0.2) is 29.3 Å². The molecule has 6 nitrogen and oxygen atoms in total. The predicted molar refractivity (Wildman–Crippen MR) is 144 cm³/mol. The minimum Gasteiger partial charge on any atom is -0.275 e. The minimum absolute atomic E-state index is 0.139. The molecule has 0 atom stereocenters. The summed E-state index contributed by atoms with van der Waals surface area (Å²) in [7, 11) is 5.54. The number of halogens is 2. The molecule has 8 heteroatoms. The molecule has 3 aromatic heterocycles. The molecule has 0 amide bonds. The number of hydrogen-bond acceptors (Lipinski definition) is 3. The number of benzene rings is 2. The summed E-state index contributed by atoms with van der Waals surface area (Å²) in [4.78, 5) is 0. The van der Waals surface area contributed by atoms with Crippen molar-refractivity contribution in [1.82, 2.24) is 29.3 Å². The van der Waals surface area contributed by atoms with Gasteiger partial charge in [0.1, 0.15) is 5.69 Å². The fraction of sp³-hybridized carbons (Fsp3) is 0.276. The fourth-order valence-electron chi connectivity index (χ4n) is 4.09. The smallest absolute Gasteiger partial charge is 0.275 e. The van der Waals surface area contributed by atoms with Gasteiger partial charge in [0.05, 0.1) is 17.6 Å². The second-order valence-corrected chi connectivity index (χ2v) is 9.09. The Morgan fingerprint density at radius 2 is 1.19 bits per heavy atom. The van der Waals surface area contributed by atoms with Gasteiger partial charge >= 0.3 is 0 Å². The van der Waals surface area contributed by atoms with Crippen molar-refractivity contribution in [2.24, 2.45) is 21.1 Å². The zero-order valence-electron chi connectivity index (χ0n) is 22.4. The molecule has 0 saturated heterocycles. The van der Waals surface area contributed by atoms with Crippen molar-refractivity contribution in [3.63, 3.8) is 0 Å². The van der Waals surface area contributed by atoms with E-state index in [0.717, 1.165) is 12.6 Å². The van der Waals surface area contributed by atoms with Crippen LogP contribution in [0.3, 0.4) is 0 Å². The second kappa shape index (κ2) is 11.8. The summed E-state index contributed by atoms with van der Waals surface area (Å²) in [5, 5.41) is 12.3. The number of aryl methyl sites for hydroxylation is 6. The lowest BCUT2D eigenvalue weighted by Gasteiger charge is -2.06. The molecule has 37 heavy (non-hydrogen) atoms. The maximum absolute atomic E-state index is 12.7. The quantitative estimate of drug-likeness (QED) is 0.277. The van der Waals surface area contributed by atoms with Gasteiger partial charge in [-0.1, -0.05) is 60.7 Å². The van der Waals surface area contributed by atoms with Crippen molar-refractivity contribution in [3.8, 4) is 22.5 Å². The maximum atomic E-state index is 12.7. The van der Waals surface area contributed by atoms with Crippen molar-refractivity contribution in [3.05, 3.63) is 102 Å². The van der Waals surface area contributed by atoms with Gasteiger partial charge in [0.2, 0.25) is 0 Å². The number of rotatable bonds is 3. The summed E-state index contributed by atoms with van der Waals surface area (Å²) in [6.45, 7) is 6.63. The highest BCUT2D eigenvalue weighted by atomic mass is 19.3. The van der Waals surface area contributed by atoms with E-state index in [9.17, 15) is 8.78 Å². The van der Waals surface area contributed by atoms with E-state index in [1.807, 2.05) is 72.3 Å². The second-order valence-electron chi connectivity index (χ2n) is 9.09. The number of alkyl halides is 2. The normalized spacial score (nSPS) is 10.8. The molecule has 194 valence electrons. The van der Waals surface area contributed by atoms with Gasteiger partial charge in [-0.25, -0.2) is 0 Å². The molecule has 0 saturated carbocycles. The van der Waals surface area contributed by atoms with Crippen molar-refractivity contribution in [1.29, 1.82) is 0 Å². The Balaban J connectivity index is 0.000000155. The van der Waals surface area contributed by atoms with E-state index in [0.29, 0.717) is 5.56 Å². The maximum Gasteiger partial charge on any atom is 0.289 e. The lowest BCUT2D eigenvalue weighted by atomic mass is 10.1. The third kappa shape index (κ3) is 7.22. The van der Waals surface area contributed by atoms with Crippen LogP contribution < -0.4 is 0 Å². The summed E-state index contributed by atoms with van der Waals surface area (Å²) in [6.07, 6.45) is 5.50. The van der Waals surface area contributed by atoms with E-state index < -0.39 is 5.92 Å². The molecule has 0 radical (unpaired) electrons. The summed E-state index contributed by atoms with van der Waals surface area (Å²) in [5.74, 6) is -2.83. The van der Waals surface area contributed by atoms with Gasteiger partial charge < -0.3 is 0 Å². The summed E-state index contributed by atoms with van der Waals surface area (Å²) < 4.78 is 30.4. The Labute approximate surface area is 217 Å². The Kier molecular flexibility index (Phi) is 8.76. The summed E-state index contributed by atoms with van der Waals surface area (Å²) in [5.41, 5.74) is 7.49. The molecule has 2 aromatic carbocycles. The Morgan fingerprint density at radius 3 is 1.57 bits per heavy atom. The largest absolute Gasteiger partial charge is 0.289 e. The molecule has 3 heterocycles. The van der Waals surface area contributed by atoms with Crippen molar-refractivity contribution >= 4 is 0 Å².